The average Bonchev–Trinajstić information content (AvgIpc) is 3.49. The zero-order chi connectivity index (χ0) is 21.5. The van der Waals surface area contributed by atoms with Crippen molar-refractivity contribution in [3.05, 3.63) is 30.6 Å². The van der Waals surface area contributed by atoms with E-state index in [-0.39, 0.29) is 24.1 Å². The van der Waals surface area contributed by atoms with Gasteiger partial charge in [-0.15, -0.1) is 0 Å². The van der Waals surface area contributed by atoms with Gasteiger partial charge in [0.2, 0.25) is 5.91 Å². The Labute approximate surface area is 182 Å². The van der Waals surface area contributed by atoms with E-state index in [9.17, 15) is 9.59 Å². The van der Waals surface area contributed by atoms with Crippen molar-refractivity contribution in [3.63, 3.8) is 0 Å². The minimum Gasteiger partial charge on any atom is -0.444 e. The van der Waals surface area contributed by atoms with Gasteiger partial charge in [-0.3, -0.25) is 14.4 Å². The number of carbonyl (C=O) groups excluding carboxylic acids is 2. The second kappa shape index (κ2) is 8.00. The van der Waals surface area contributed by atoms with Crippen LogP contribution >= 0.6 is 0 Å². The maximum atomic E-state index is 13.2. The molecule has 2 atom stereocenters. The molecule has 0 bridgehead atoms. The molecule has 0 radical (unpaired) electrons. The van der Waals surface area contributed by atoms with Gasteiger partial charge in [-0.2, -0.15) is 5.10 Å². The molecule has 2 amide bonds. The minimum atomic E-state index is -0.351. The molecule has 8 heteroatoms. The molecule has 1 saturated carbocycles. The number of ether oxygens (including phenoxy) is 1. The van der Waals surface area contributed by atoms with Crippen LogP contribution in [-0.2, 0) is 9.53 Å². The largest absolute Gasteiger partial charge is 0.444 e. The number of piperidine rings is 1. The number of carbonyl (C=O) groups is 2. The molecule has 164 valence electrons. The summed E-state index contributed by atoms with van der Waals surface area (Å²) < 4.78 is 7.84. The second-order valence-electron chi connectivity index (χ2n) is 8.84. The number of amides is 2. The highest BCUT2D eigenvalue weighted by molar-refractivity contribution is 6.03. The Hall–Kier alpha value is -2.87. The fraction of sp³-hybridized carbons (Fsp3) is 0.522. The van der Waals surface area contributed by atoms with Gasteiger partial charge in [-0.05, 0) is 56.8 Å². The summed E-state index contributed by atoms with van der Waals surface area (Å²) in [6.07, 6.45) is 7.67. The van der Waals surface area contributed by atoms with Crippen molar-refractivity contribution < 1.29 is 14.3 Å². The number of anilines is 2. The van der Waals surface area contributed by atoms with E-state index in [4.69, 9.17) is 4.74 Å². The summed E-state index contributed by atoms with van der Waals surface area (Å²) in [6.45, 7) is 5.57. The van der Waals surface area contributed by atoms with Gasteiger partial charge in [0.05, 0.1) is 29.7 Å². The maximum Gasteiger partial charge on any atom is 0.414 e. The first kappa shape index (κ1) is 20.1. The number of fused-ring (bicyclic) bond motifs is 1. The molecule has 0 spiro atoms. The zero-order valence-corrected chi connectivity index (χ0v) is 18.1. The number of hydrogen-bond acceptors (Lipinski definition) is 5. The predicted octanol–water partition coefficient (Wildman–Crippen LogP) is 3.34. The Morgan fingerprint density at radius 2 is 2.00 bits per heavy atom. The van der Waals surface area contributed by atoms with Crippen LogP contribution in [0.2, 0.25) is 0 Å². The number of nitrogens with one attached hydrogen (secondary N) is 1. The first-order chi connectivity index (χ1) is 15.0. The summed E-state index contributed by atoms with van der Waals surface area (Å²) in [7, 11) is 0. The lowest BCUT2D eigenvalue weighted by Crippen LogP contribution is -2.52. The Bertz CT molecular complexity index is 993. The van der Waals surface area contributed by atoms with Crippen molar-refractivity contribution in [2.75, 3.05) is 29.4 Å². The van der Waals surface area contributed by atoms with Gasteiger partial charge in [0.1, 0.15) is 6.10 Å². The van der Waals surface area contributed by atoms with Crippen LogP contribution in [0.25, 0.3) is 11.1 Å². The third-order valence-electron chi connectivity index (χ3n) is 6.35. The first-order valence-electron chi connectivity index (χ1n) is 11.2. The molecule has 2 aromatic rings. The second-order valence-corrected chi connectivity index (χ2v) is 8.84. The van der Waals surface area contributed by atoms with E-state index < -0.39 is 0 Å². The third-order valence-corrected chi connectivity index (χ3v) is 6.35. The number of aromatic nitrogens is 2. The van der Waals surface area contributed by atoms with Crippen molar-refractivity contribution in [2.45, 2.75) is 57.7 Å². The van der Waals surface area contributed by atoms with Crippen LogP contribution in [0.3, 0.4) is 0 Å². The highest BCUT2D eigenvalue weighted by Crippen LogP contribution is 2.40. The van der Waals surface area contributed by atoms with Crippen LogP contribution < -0.4 is 15.1 Å². The summed E-state index contributed by atoms with van der Waals surface area (Å²) in [5.74, 6) is -0.0347. The lowest BCUT2D eigenvalue weighted by molar-refractivity contribution is -0.117. The van der Waals surface area contributed by atoms with Crippen LogP contribution in [0.5, 0.6) is 0 Å². The van der Waals surface area contributed by atoms with Gasteiger partial charge in [0.25, 0.3) is 0 Å². The number of nitrogens with zero attached hydrogens (tertiary/aromatic N) is 4. The molecule has 31 heavy (non-hydrogen) atoms. The van der Waals surface area contributed by atoms with E-state index in [0.717, 1.165) is 36.2 Å². The van der Waals surface area contributed by atoms with E-state index >= 15 is 0 Å². The first-order valence-corrected chi connectivity index (χ1v) is 11.2. The molecule has 1 aromatic carbocycles. The minimum absolute atomic E-state index is 0.0347. The number of hydrogen-bond donors (Lipinski definition) is 1. The highest BCUT2D eigenvalue weighted by atomic mass is 16.6. The fourth-order valence-corrected chi connectivity index (χ4v) is 4.61. The van der Waals surface area contributed by atoms with Gasteiger partial charge in [0.15, 0.2) is 0 Å². The Morgan fingerprint density at radius 1 is 1.16 bits per heavy atom. The molecule has 1 unspecified atom stereocenters. The van der Waals surface area contributed by atoms with E-state index in [1.807, 2.05) is 36.0 Å². The molecular formula is C23H29N5O3. The maximum absolute atomic E-state index is 13.2. The van der Waals surface area contributed by atoms with Crippen molar-refractivity contribution in [3.8, 4) is 11.1 Å². The molecule has 2 fully saturated rings. The van der Waals surface area contributed by atoms with Crippen molar-refractivity contribution in [1.82, 2.24) is 15.1 Å². The van der Waals surface area contributed by atoms with Crippen LogP contribution in [0.4, 0.5) is 16.2 Å². The monoisotopic (exact) mass is 423 g/mol. The van der Waals surface area contributed by atoms with E-state index in [1.54, 1.807) is 16.7 Å². The molecule has 8 nitrogen and oxygen atoms in total. The lowest BCUT2D eigenvalue weighted by atomic mass is 10.0. The van der Waals surface area contributed by atoms with Gasteiger partial charge in [-0.25, -0.2) is 4.79 Å². The van der Waals surface area contributed by atoms with Crippen molar-refractivity contribution in [1.29, 1.82) is 0 Å². The molecule has 1 saturated heterocycles. The summed E-state index contributed by atoms with van der Waals surface area (Å²) in [5.41, 5.74) is 3.43. The van der Waals surface area contributed by atoms with Gasteiger partial charge in [0, 0.05) is 31.8 Å². The average molecular weight is 424 g/mol. The molecule has 1 N–H and O–H groups in total. The van der Waals surface area contributed by atoms with Crippen molar-refractivity contribution >= 4 is 23.4 Å². The summed E-state index contributed by atoms with van der Waals surface area (Å²) >= 11 is 0. The molecule has 3 aliphatic rings. The SMILES string of the molecule is CC(=O)N1c2ccc(-c3cnn(C4CC4)c3)cc2N(C(=O)OC2CCCNC2)C[C@@H]1C. The highest BCUT2D eigenvalue weighted by Gasteiger charge is 2.35. The van der Waals surface area contributed by atoms with Gasteiger partial charge >= 0.3 is 6.09 Å². The number of rotatable bonds is 3. The van der Waals surface area contributed by atoms with Crippen LogP contribution in [-0.4, -0.2) is 53.6 Å². The van der Waals surface area contributed by atoms with Crippen LogP contribution in [0.1, 0.15) is 45.6 Å². The van der Waals surface area contributed by atoms with E-state index in [0.29, 0.717) is 24.8 Å². The summed E-state index contributed by atoms with van der Waals surface area (Å²) in [5, 5.41) is 7.78. The van der Waals surface area contributed by atoms with Gasteiger partial charge in [-0.1, -0.05) is 6.07 Å². The van der Waals surface area contributed by atoms with Gasteiger partial charge < -0.3 is 15.0 Å². The lowest BCUT2D eigenvalue weighted by Gasteiger charge is -2.41. The predicted molar refractivity (Wildman–Crippen MR) is 118 cm³/mol. The number of benzene rings is 1. The zero-order valence-electron chi connectivity index (χ0n) is 18.1. The Kier molecular flexibility index (Phi) is 5.17. The van der Waals surface area contributed by atoms with E-state index in [2.05, 4.69) is 16.6 Å². The standard InChI is InChI=1S/C23H29N5O3/c1-15-13-26(23(30)31-20-4-3-9-24-12-20)22-10-17(5-8-21(22)28(15)16(2)29)18-11-25-27(14-18)19-6-7-19/h5,8,10-11,14-15,19-20,24H,3-4,6-7,9,12-13H2,1-2H3/t15-,20?/m0/s1. The normalized spacial score (nSPS) is 23.4. The third kappa shape index (κ3) is 3.92. The Balaban J connectivity index is 1.48. The summed E-state index contributed by atoms with van der Waals surface area (Å²) in [4.78, 5) is 29.0. The molecule has 3 heterocycles. The Morgan fingerprint density at radius 3 is 2.71 bits per heavy atom. The molecule has 2 aliphatic heterocycles. The topological polar surface area (TPSA) is 79.7 Å². The fourth-order valence-electron chi connectivity index (χ4n) is 4.61. The van der Waals surface area contributed by atoms with Crippen molar-refractivity contribution in [2.24, 2.45) is 0 Å². The molecule has 1 aliphatic carbocycles. The summed E-state index contributed by atoms with van der Waals surface area (Å²) in [6, 6.07) is 6.28. The molecular weight excluding hydrogens is 394 g/mol. The molecule has 5 rings (SSSR count). The molecule has 1 aromatic heterocycles. The van der Waals surface area contributed by atoms with E-state index in [1.165, 1.54) is 12.8 Å². The van der Waals surface area contributed by atoms with Crippen LogP contribution in [0, 0.1) is 0 Å². The quantitative estimate of drug-likeness (QED) is 0.819. The van der Waals surface area contributed by atoms with Crippen LogP contribution in [0.15, 0.2) is 30.6 Å². The smallest absolute Gasteiger partial charge is 0.414 e.